The van der Waals surface area contributed by atoms with Gasteiger partial charge in [-0.25, -0.2) is 4.39 Å². The quantitative estimate of drug-likeness (QED) is 0.818. The highest BCUT2D eigenvalue weighted by Crippen LogP contribution is 2.26. The van der Waals surface area contributed by atoms with Crippen molar-refractivity contribution in [2.24, 2.45) is 5.92 Å². The number of rotatable bonds is 3. The Morgan fingerprint density at radius 2 is 2.12 bits per heavy atom. The average Bonchev–Trinajstić information content (AvgIpc) is 2.65. The lowest BCUT2D eigenvalue weighted by molar-refractivity contribution is 0.189. The maximum atomic E-state index is 12.7. The van der Waals surface area contributed by atoms with Gasteiger partial charge in [-0.15, -0.1) is 0 Å². The summed E-state index contributed by atoms with van der Waals surface area (Å²) in [4.78, 5) is 0. The molecule has 1 aromatic carbocycles. The summed E-state index contributed by atoms with van der Waals surface area (Å²) in [7, 11) is 0. The fourth-order valence-electron chi connectivity index (χ4n) is 2.39. The third-order valence-corrected chi connectivity index (χ3v) is 3.34. The SMILES string of the molecule is CC1(CO)CC(Cc2ccc(F)cc2)CN1. The highest BCUT2D eigenvalue weighted by Gasteiger charge is 2.33. The van der Waals surface area contributed by atoms with E-state index in [1.807, 2.05) is 19.1 Å². The Kier molecular flexibility index (Phi) is 3.26. The minimum absolute atomic E-state index is 0.134. The van der Waals surface area contributed by atoms with Crippen LogP contribution < -0.4 is 5.32 Å². The van der Waals surface area contributed by atoms with E-state index < -0.39 is 0 Å². The van der Waals surface area contributed by atoms with Crippen LogP contribution in [-0.4, -0.2) is 23.8 Å². The lowest BCUT2D eigenvalue weighted by Crippen LogP contribution is -2.39. The Balaban J connectivity index is 1.94. The number of hydrogen-bond donors (Lipinski definition) is 2. The van der Waals surface area contributed by atoms with E-state index in [1.165, 1.54) is 12.1 Å². The first-order chi connectivity index (χ1) is 7.61. The Morgan fingerprint density at radius 3 is 2.69 bits per heavy atom. The topological polar surface area (TPSA) is 32.3 Å². The Bertz CT molecular complexity index is 351. The second-order valence-electron chi connectivity index (χ2n) is 5.00. The second-order valence-corrected chi connectivity index (χ2v) is 5.00. The third-order valence-electron chi connectivity index (χ3n) is 3.34. The summed E-state index contributed by atoms with van der Waals surface area (Å²) in [6, 6.07) is 6.68. The largest absolute Gasteiger partial charge is 0.394 e. The summed E-state index contributed by atoms with van der Waals surface area (Å²) in [6.07, 6.45) is 1.92. The molecule has 0 amide bonds. The van der Waals surface area contributed by atoms with Gasteiger partial charge in [-0.1, -0.05) is 12.1 Å². The first-order valence-corrected chi connectivity index (χ1v) is 5.72. The van der Waals surface area contributed by atoms with Gasteiger partial charge < -0.3 is 10.4 Å². The summed E-state index contributed by atoms with van der Waals surface area (Å²) >= 11 is 0. The minimum atomic E-state index is -0.187. The number of hydrogen-bond acceptors (Lipinski definition) is 2. The van der Waals surface area contributed by atoms with Crippen molar-refractivity contribution in [2.45, 2.75) is 25.3 Å². The normalized spacial score (nSPS) is 29.6. The molecule has 2 N–H and O–H groups in total. The predicted octanol–water partition coefficient (Wildman–Crippen LogP) is 1.73. The van der Waals surface area contributed by atoms with Crippen LogP contribution in [0.2, 0.25) is 0 Å². The van der Waals surface area contributed by atoms with Gasteiger partial charge in [0.1, 0.15) is 5.82 Å². The van der Waals surface area contributed by atoms with Crippen molar-refractivity contribution >= 4 is 0 Å². The summed E-state index contributed by atoms with van der Waals surface area (Å²) in [5.74, 6) is 0.344. The molecule has 0 saturated carbocycles. The number of benzene rings is 1. The molecule has 2 nitrogen and oxygen atoms in total. The van der Waals surface area contributed by atoms with Crippen molar-refractivity contribution in [1.29, 1.82) is 0 Å². The standard InChI is InChI=1S/C13H18FNO/c1-13(9-16)7-11(8-15-13)6-10-2-4-12(14)5-3-10/h2-5,11,15-16H,6-9H2,1H3. The predicted molar refractivity (Wildman–Crippen MR) is 61.7 cm³/mol. The van der Waals surface area contributed by atoms with Crippen molar-refractivity contribution < 1.29 is 9.50 Å². The van der Waals surface area contributed by atoms with Crippen LogP contribution in [0.4, 0.5) is 4.39 Å². The zero-order valence-electron chi connectivity index (χ0n) is 9.54. The van der Waals surface area contributed by atoms with Crippen molar-refractivity contribution in [2.75, 3.05) is 13.2 Å². The van der Waals surface area contributed by atoms with E-state index in [0.717, 1.165) is 24.9 Å². The lowest BCUT2D eigenvalue weighted by atomic mass is 9.91. The van der Waals surface area contributed by atoms with E-state index in [1.54, 1.807) is 0 Å². The van der Waals surface area contributed by atoms with Crippen molar-refractivity contribution in [3.8, 4) is 0 Å². The van der Waals surface area contributed by atoms with E-state index in [9.17, 15) is 9.50 Å². The van der Waals surface area contributed by atoms with Crippen LogP contribution in [0.5, 0.6) is 0 Å². The molecule has 1 fully saturated rings. The van der Waals surface area contributed by atoms with Crippen LogP contribution in [0.25, 0.3) is 0 Å². The highest BCUT2D eigenvalue weighted by atomic mass is 19.1. The van der Waals surface area contributed by atoms with Crippen molar-refractivity contribution in [3.63, 3.8) is 0 Å². The molecule has 16 heavy (non-hydrogen) atoms. The smallest absolute Gasteiger partial charge is 0.123 e. The Morgan fingerprint density at radius 1 is 1.44 bits per heavy atom. The van der Waals surface area contributed by atoms with E-state index in [2.05, 4.69) is 5.32 Å². The molecular formula is C13H18FNO. The van der Waals surface area contributed by atoms with Gasteiger partial charge in [0, 0.05) is 5.54 Å². The number of nitrogens with one attached hydrogen (secondary N) is 1. The minimum Gasteiger partial charge on any atom is -0.394 e. The van der Waals surface area contributed by atoms with Gasteiger partial charge >= 0.3 is 0 Å². The van der Waals surface area contributed by atoms with Crippen LogP contribution in [0.1, 0.15) is 18.9 Å². The lowest BCUT2D eigenvalue weighted by Gasteiger charge is -2.21. The molecule has 0 radical (unpaired) electrons. The Labute approximate surface area is 95.5 Å². The number of halogens is 1. The first kappa shape index (κ1) is 11.6. The zero-order valence-corrected chi connectivity index (χ0v) is 9.54. The summed E-state index contributed by atoms with van der Waals surface area (Å²) in [5, 5.41) is 12.6. The molecular weight excluding hydrogens is 205 g/mol. The maximum Gasteiger partial charge on any atom is 0.123 e. The molecule has 0 spiro atoms. The van der Waals surface area contributed by atoms with Gasteiger partial charge in [0.2, 0.25) is 0 Å². The molecule has 2 rings (SSSR count). The first-order valence-electron chi connectivity index (χ1n) is 5.72. The fraction of sp³-hybridized carbons (Fsp3) is 0.538. The van der Waals surface area contributed by atoms with E-state index in [-0.39, 0.29) is 18.0 Å². The second kappa shape index (κ2) is 4.52. The molecule has 1 aliphatic rings. The molecule has 0 aliphatic carbocycles. The van der Waals surface area contributed by atoms with E-state index in [0.29, 0.717) is 5.92 Å². The highest BCUT2D eigenvalue weighted by molar-refractivity contribution is 5.17. The molecule has 88 valence electrons. The van der Waals surface area contributed by atoms with Gasteiger partial charge in [0.05, 0.1) is 6.61 Å². The fourth-order valence-corrected chi connectivity index (χ4v) is 2.39. The van der Waals surface area contributed by atoms with Gasteiger partial charge in [0.15, 0.2) is 0 Å². The van der Waals surface area contributed by atoms with Crippen molar-refractivity contribution in [1.82, 2.24) is 5.32 Å². The van der Waals surface area contributed by atoms with Crippen LogP contribution in [0.3, 0.4) is 0 Å². The van der Waals surface area contributed by atoms with Gasteiger partial charge in [0.25, 0.3) is 0 Å². The molecule has 2 atom stereocenters. The Hall–Kier alpha value is -0.930. The molecule has 0 aromatic heterocycles. The molecule has 0 bridgehead atoms. The molecule has 1 aromatic rings. The van der Waals surface area contributed by atoms with Crippen LogP contribution in [0.15, 0.2) is 24.3 Å². The van der Waals surface area contributed by atoms with E-state index in [4.69, 9.17) is 0 Å². The summed E-state index contributed by atoms with van der Waals surface area (Å²) in [5.41, 5.74) is 1.03. The van der Waals surface area contributed by atoms with Crippen LogP contribution >= 0.6 is 0 Å². The third kappa shape index (κ3) is 2.60. The molecule has 1 aliphatic heterocycles. The van der Waals surface area contributed by atoms with E-state index >= 15 is 0 Å². The van der Waals surface area contributed by atoms with Crippen molar-refractivity contribution in [3.05, 3.63) is 35.6 Å². The molecule has 1 heterocycles. The molecule has 3 heteroatoms. The number of aliphatic hydroxyl groups is 1. The molecule has 1 saturated heterocycles. The number of aliphatic hydroxyl groups excluding tert-OH is 1. The maximum absolute atomic E-state index is 12.7. The van der Waals surface area contributed by atoms with Gasteiger partial charge in [-0.3, -0.25) is 0 Å². The van der Waals surface area contributed by atoms with Crippen LogP contribution in [0, 0.1) is 11.7 Å². The monoisotopic (exact) mass is 223 g/mol. The zero-order chi connectivity index (χ0) is 11.6. The summed E-state index contributed by atoms with van der Waals surface area (Å²) < 4.78 is 12.7. The average molecular weight is 223 g/mol. The van der Waals surface area contributed by atoms with Crippen LogP contribution in [-0.2, 0) is 6.42 Å². The van der Waals surface area contributed by atoms with Gasteiger partial charge in [-0.05, 0) is 49.9 Å². The summed E-state index contributed by atoms with van der Waals surface area (Å²) in [6.45, 7) is 3.14. The molecule has 2 unspecified atom stereocenters. The van der Waals surface area contributed by atoms with Gasteiger partial charge in [-0.2, -0.15) is 0 Å².